The van der Waals surface area contributed by atoms with Gasteiger partial charge in [-0.2, -0.15) is 0 Å². The third kappa shape index (κ3) is 4.77. The fraction of sp³-hybridized carbons (Fsp3) is 0.500. The van der Waals surface area contributed by atoms with E-state index in [1.807, 2.05) is 39.0 Å². The van der Waals surface area contributed by atoms with E-state index >= 15 is 0 Å². The maximum absolute atomic E-state index is 12.1. The minimum absolute atomic E-state index is 0.0293. The number of hydrogen-bond acceptors (Lipinski definition) is 4. The summed E-state index contributed by atoms with van der Waals surface area (Å²) < 4.78 is 9.84. The Balaban J connectivity index is 2.74. The lowest BCUT2D eigenvalue weighted by Crippen LogP contribution is -2.45. The van der Waals surface area contributed by atoms with Crippen molar-refractivity contribution in [3.8, 4) is 5.75 Å². The summed E-state index contributed by atoms with van der Waals surface area (Å²) >= 11 is 0. The summed E-state index contributed by atoms with van der Waals surface area (Å²) in [4.78, 5) is 23.7. The molecule has 0 aliphatic heterocycles. The van der Waals surface area contributed by atoms with Gasteiger partial charge in [0, 0.05) is 0 Å². The lowest BCUT2D eigenvalue weighted by atomic mass is 10.0. The molecule has 0 unspecified atom stereocenters. The van der Waals surface area contributed by atoms with Gasteiger partial charge in [0.25, 0.3) is 0 Å². The largest absolute Gasteiger partial charge is 0.497 e. The summed E-state index contributed by atoms with van der Waals surface area (Å²) in [6.45, 7) is 5.65. The molecule has 1 aromatic carbocycles. The van der Waals surface area contributed by atoms with Crippen LogP contribution in [0.25, 0.3) is 0 Å². The van der Waals surface area contributed by atoms with Crippen molar-refractivity contribution in [2.24, 2.45) is 5.92 Å². The van der Waals surface area contributed by atoms with E-state index in [9.17, 15) is 9.59 Å². The highest BCUT2D eigenvalue weighted by Crippen LogP contribution is 2.17. The quantitative estimate of drug-likeness (QED) is 0.813. The highest BCUT2D eigenvalue weighted by molar-refractivity contribution is 5.86. The number of hydrogen-bond donors (Lipinski definition) is 1. The minimum Gasteiger partial charge on any atom is -0.497 e. The van der Waals surface area contributed by atoms with Crippen LogP contribution in [0.5, 0.6) is 5.75 Å². The van der Waals surface area contributed by atoms with Crippen LogP contribution < -0.4 is 10.1 Å². The third-order valence-corrected chi connectivity index (χ3v) is 3.34. The SMILES string of the molecule is COC(=O)[C@@H](NC(=O)Cc1ccc(OC)cc1C)C(C)C. The molecule has 0 saturated heterocycles. The predicted molar refractivity (Wildman–Crippen MR) is 80.2 cm³/mol. The Morgan fingerprint density at radius 2 is 1.90 bits per heavy atom. The van der Waals surface area contributed by atoms with Crippen LogP contribution in [0.15, 0.2) is 18.2 Å². The van der Waals surface area contributed by atoms with Crippen molar-refractivity contribution in [2.45, 2.75) is 33.2 Å². The van der Waals surface area contributed by atoms with Crippen LogP contribution in [0.3, 0.4) is 0 Å². The molecular weight excluding hydrogens is 270 g/mol. The average molecular weight is 293 g/mol. The second-order valence-corrected chi connectivity index (χ2v) is 5.28. The van der Waals surface area contributed by atoms with Crippen molar-refractivity contribution >= 4 is 11.9 Å². The number of aryl methyl sites for hydroxylation is 1. The van der Waals surface area contributed by atoms with Crippen molar-refractivity contribution in [3.05, 3.63) is 29.3 Å². The number of esters is 1. The van der Waals surface area contributed by atoms with Gasteiger partial charge >= 0.3 is 5.97 Å². The Bertz CT molecular complexity index is 511. The zero-order valence-electron chi connectivity index (χ0n) is 13.2. The molecule has 0 heterocycles. The van der Waals surface area contributed by atoms with E-state index < -0.39 is 12.0 Å². The first-order valence-electron chi connectivity index (χ1n) is 6.89. The smallest absolute Gasteiger partial charge is 0.328 e. The molecule has 5 nitrogen and oxygen atoms in total. The van der Waals surface area contributed by atoms with Crippen molar-refractivity contribution in [3.63, 3.8) is 0 Å². The molecular formula is C16H23NO4. The normalized spacial score (nSPS) is 11.9. The van der Waals surface area contributed by atoms with E-state index in [1.54, 1.807) is 7.11 Å². The summed E-state index contributed by atoms with van der Waals surface area (Å²) in [5.74, 6) is 0.0989. The fourth-order valence-electron chi connectivity index (χ4n) is 2.02. The van der Waals surface area contributed by atoms with Gasteiger partial charge in [-0.05, 0) is 36.1 Å². The molecule has 0 spiro atoms. The zero-order valence-corrected chi connectivity index (χ0v) is 13.2. The van der Waals surface area contributed by atoms with Crippen LogP contribution in [-0.4, -0.2) is 32.1 Å². The van der Waals surface area contributed by atoms with E-state index in [0.717, 1.165) is 16.9 Å². The topological polar surface area (TPSA) is 64.6 Å². The lowest BCUT2D eigenvalue weighted by molar-refractivity contribution is -0.146. The maximum atomic E-state index is 12.1. The second kappa shape index (κ2) is 7.67. The monoisotopic (exact) mass is 293 g/mol. The Labute approximate surface area is 125 Å². The number of nitrogens with one attached hydrogen (secondary N) is 1. The van der Waals surface area contributed by atoms with Gasteiger partial charge in [-0.1, -0.05) is 19.9 Å². The number of carbonyl (C=O) groups excluding carboxylic acids is 2. The second-order valence-electron chi connectivity index (χ2n) is 5.28. The zero-order chi connectivity index (χ0) is 16.0. The van der Waals surface area contributed by atoms with E-state index in [0.29, 0.717) is 0 Å². The molecule has 0 aliphatic rings. The minimum atomic E-state index is -0.624. The Kier molecular flexibility index (Phi) is 6.21. The molecule has 1 aromatic rings. The fourth-order valence-corrected chi connectivity index (χ4v) is 2.02. The van der Waals surface area contributed by atoms with Gasteiger partial charge in [-0.15, -0.1) is 0 Å². The van der Waals surface area contributed by atoms with E-state index in [1.165, 1.54) is 7.11 Å². The van der Waals surface area contributed by atoms with E-state index in [4.69, 9.17) is 9.47 Å². The molecule has 0 radical (unpaired) electrons. The molecule has 1 rings (SSSR count). The first-order valence-corrected chi connectivity index (χ1v) is 6.89. The van der Waals surface area contributed by atoms with Gasteiger partial charge in [-0.25, -0.2) is 4.79 Å². The van der Waals surface area contributed by atoms with Crippen molar-refractivity contribution in [2.75, 3.05) is 14.2 Å². The summed E-state index contributed by atoms with van der Waals surface area (Å²) in [6.07, 6.45) is 0.218. The van der Waals surface area contributed by atoms with Gasteiger partial charge in [0.05, 0.1) is 20.6 Å². The van der Waals surface area contributed by atoms with Crippen LogP contribution in [0, 0.1) is 12.8 Å². The van der Waals surface area contributed by atoms with Crippen LogP contribution in [0.2, 0.25) is 0 Å². The van der Waals surface area contributed by atoms with Crippen molar-refractivity contribution in [1.82, 2.24) is 5.32 Å². The van der Waals surface area contributed by atoms with Gasteiger partial charge in [0.1, 0.15) is 11.8 Å². The van der Waals surface area contributed by atoms with Gasteiger partial charge in [0.2, 0.25) is 5.91 Å². The Morgan fingerprint density at radius 1 is 1.24 bits per heavy atom. The Hall–Kier alpha value is -2.04. The third-order valence-electron chi connectivity index (χ3n) is 3.34. The summed E-state index contributed by atoms with van der Waals surface area (Å²) in [5, 5.41) is 2.73. The molecule has 0 bridgehead atoms. The Morgan fingerprint density at radius 3 is 2.38 bits per heavy atom. The first-order chi connectivity index (χ1) is 9.88. The highest BCUT2D eigenvalue weighted by Gasteiger charge is 2.24. The summed E-state index contributed by atoms with van der Waals surface area (Å²) in [6, 6.07) is 4.93. The molecule has 0 fully saturated rings. The number of carbonyl (C=O) groups is 2. The van der Waals surface area contributed by atoms with Gasteiger partial charge in [-0.3, -0.25) is 4.79 Å². The highest BCUT2D eigenvalue weighted by atomic mass is 16.5. The molecule has 0 aliphatic carbocycles. The molecule has 0 saturated carbocycles. The molecule has 5 heteroatoms. The van der Waals surface area contributed by atoms with Crippen LogP contribution in [-0.2, 0) is 20.7 Å². The number of rotatable bonds is 6. The molecule has 1 atom stereocenters. The number of amides is 1. The van der Waals surface area contributed by atoms with Crippen LogP contribution in [0.1, 0.15) is 25.0 Å². The van der Waals surface area contributed by atoms with Crippen molar-refractivity contribution < 1.29 is 19.1 Å². The van der Waals surface area contributed by atoms with Crippen LogP contribution >= 0.6 is 0 Å². The van der Waals surface area contributed by atoms with Gasteiger partial charge < -0.3 is 14.8 Å². The molecule has 1 N–H and O–H groups in total. The maximum Gasteiger partial charge on any atom is 0.328 e. The molecule has 1 amide bonds. The van der Waals surface area contributed by atoms with E-state index in [2.05, 4.69) is 5.32 Å². The summed E-state index contributed by atoms with van der Waals surface area (Å²) in [5.41, 5.74) is 1.88. The first kappa shape index (κ1) is 17.0. The predicted octanol–water partition coefficient (Wildman–Crippen LogP) is 1.86. The van der Waals surface area contributed by atoms with Gasteiger partial charge in [0.15, 0.2) is 0 Å². The lowest BCUT2D eigenvalue weighted by Gasteiger charge is -2.20. The van der Waals surface area contributed by atoms with Crippen molar-refractivity contribution in [1.29, 1.82) is 0 Å². The summed E-state index contributed by atoms with van der Waals surface area (Å²) in [7, 11) is 2.92. The number of benzene rings is 1. The number of ether oxygens (including phenoxy) is 2. The average Bonchev–Trinajstić information content (AvgIpc) is 2.45. The standard InChI is InChI=1S/C16H23NO4/c1-10(2)15(16(19)21-5)17-14(18)9-12-6-7-13(20-4)8-11(12)3/h6-8,10,15H,9H2,1-5H3,(H,17,18)/t15-/m0/s1. The molecule has 21 heavy (non-hydrogen) atoms. The molecule has 0 aromatic heterocycles. The number of methoxy groups -OCH3 is 2. The van der Waals surface area contributed by atoms with Crippen LogP contribution in [0.4, 0.5) is 0 Å². The molecule has 116 valence electrons. The van der Waals surface area contributed by atoms with E-state index in [-0.39, 0.29) is 18.2 Å².